The predicted molar refractivity (Wildman–Crippen MR) is 472 cm³/mol. The molecule has 0 radical (unpaired) electrons. The average Bonchev–Trinajstić information content (AvgIpc) is 0.733. The molecule has 4 atom stereocenters. The minimum atomic E-state index is -2.03. The molecule has 0 spiro atoms. The second-order valence-electron chi connectivity index (χ2n) is 35.5. The van der Waals surface area contributed by atoms with E-state index in [4.69, 9.17) is 63.8 Å². The van der Waals surface area contributed by atoms with Crippen LogP contribution in [0.15, 0.2) is 243 Å². The molecule has 4 aliphatic heterocycles. The van der Waals surface area contributed by atoms with Gasteiger partial charge in [-0.25, -0.2) is 0 Å². The summed E-state index contributed by atoms with van der Waals surface area (Å²) < 4.78 is 93.7. The first kappa shape index (κ1) is 80.7. The summed E-state index contributed by atoms with van der Waals surface area (Å²) in [7, 11) is -4.72. The fraction of sp³-hybridized carbons (Fsp3) is 0.265. The van der Waals surface area contributed by atoms with Gasteiger partial charge in [-0.2, -0.15) is 0 Å². The Balaban J connectivity index is 0.000000183. The molecular weight excluding hydrogens is 1520 g/mol. The molecule has 116 heavy (non-hydrogen) atoms. The number of fused-ring (bicyclic) bond motifs is 16. The van der Waals surface area contributed by atoms with Gasteiger partial charge in [0.1, 0.15) is 80.5 Å². The van der Waals surface area contributed by atoms with Gasteiger partial charge in [0.05, 0.1) is 14.2 Å². The van der Waals surface area contributed by atoms with E-state index in [0.717, 1.165) is 77.9 Å². The second kappa shape index (κ2) is 31.9. The highest BCUT2D eigenvalue weighted by atomic mass is 31.2. The normalized spacial score (nSPS) is 16.0. The van der Waals surface area contributed by atoms with Gasteiger partial charge in [-0.1, -0.05) is 258 Å². The summed E-state index contributed by atoms with van der Waals surface area (Å²) in [6.07, 6.45) is 0. The Kier molecular flexibility index (Phi) is 22.2. The van der Waals surface area contributed by atoms with E-state index in [1.807, 2.05) is 194 Å². The van der Waals surface area contributed by atoms with Crippen molar-refractivity contribution in [2.45, 2.75) is 157 Å². The van der Waals surface area contributed by atoms with E-state index in [-0.39, 0.29) is 21.7 Å². The van der Waals surface area contributed by atoms with E-state index >= 15 is 0 Å². The number of benzene rings is 12. The lowest BCUT2D eigenvalue weighted by Gasteiger charge is -2.33. The highest BCUT2D eigenvalue weighted by Crippen LogP contribution is 2.61. The van der Waals surface area contributed by atoms with Crippen molar-refractivity contribution in [3.63, 3.8) is 0 Å². The van der Waals surface area contributed by atoms with Crippen LogP contribution in [0.3, 0.4) is 0 Å². The molecule has 0 aromatic heterocycles. The highest BCUT2D eigenvalue weighted by Gasteiger charge is 2.40. The lowest BCUT2D eigenvalue weighted by Crippen LogP contribution is -2.20. The lowest BCUT2D eigenvalue weighted by molar-refractivity contribution is 0.376. The Morgan fingerprint density at radius 3 is 0.681 bits per heavy atom. The molecule has 16 rings (SSSR count). The van der Waals surface area contributed by atoms with Crippen molar-refractivity contribution in [1.29, 1.82) is 0 Å². The van der Waals surface area contributed by atoms with E-state index in [0.29, 0.717) is 91.6 Å². The van der Waals surface area contributed by atoms with Gasteiger partial charge in [-0.15, -0.1) is 0 Å². The Morgan fingerprint density at radius 2 is 0.448 bits per heavy atom. The van der Waals surface area contributed by atoms with Crippen LogP contribution in [0.2, 0.25) is 0 Å². The number of para-hydroxylation sites is 4. The molecular formula is C98H100O14P4. The molecule has 14 nitrogen and oxygen atoms in total. The maximum atomic E-state index is 7.27. The van der Waals surface area contributed by atoms with Crippen molar-refractivity contribution < 1.29 is 63.8 Å². The monoisotopic (exact) mass is 1620 g/mol. The average molecular weight is 1630 g/mol. The molecule has 0 amide bonds. The van der Waals surface area contributed by atoms with Crippen LogP contribution in [0, 0.1) is 0 Å². The van der Waals surface area contributed by atoms with Crippen LogP contribution in [0.4, 0.5) is 0 Å². The van der Waals surface area contributed by atoms with E-state index < -0.39 is 45.2 Å². The van der Waals surface area contributed by atoms with Crippen molar-refractivity contribution >= 4 is 34.4 Å². The number of hydrogen-bond acceptors (Lipinski definition) is 14. The molecule has 0 fully saturated rings. The van der Waals surface area contributed by atoms with Crippen molar-refractivity contribution in [3.8, 4) is 147 Å². The van der Waals surface area contributed by atoms with Gasteiger partial charge in [0.15, 0.2) is 0 Å². The summed E-state index contributed by atoms with van der Waals surface area (Å²) in [5.41, 5.74) is 15.3. The first-order valence-electron chi connectivity index (χ1n) is 39.1. The third kappa shape index (κ3) is 17.5. The maximum absolute atomic E-state index is 7.27. The third-order valence-electron chi connectivity index (χ3n) is 20.5. The zero-order valence-corrected chi connectivity index (χ0v) is 73.2. The molecule has 596 valence electrons. The van der Waals surface area contributed by atoms with Gasteiger partial charge < -0.3 is 63.8 Å². The van der Waals surface area contributed by atoms with E-state index in [1.165, 1.54) is 11.1 Å². The molecule has 4 heterocycles. The number of ether oxygens (including phenoxy) is 2. The second-order valence-corrected chi connectivity index (χ2v) is 39.5. The Morgan fingerprint density at radius 1 is 0.216 bits per heavy atom. The molecule has 18 heteroatoms. The summed E-state index contributed by atoms with van der Waals surface area (Å²) in [4.78, 5) is 0. The van der Waals surface area contributed by atoms with E-state index in [1.54, 1.807) is 14.2 Å². The standard InChI is InChI=1S/C52H56O6P2.C46H44O8P2/c1-49(2,3)35-29-41(47(43(31-35)51(7,8)9)57-59-53-37-21-17-19-33(27-37)39-23-13-15-25-45(39)55-59)42-30-36(50(4,5)6)32-44(52(10,11)12)48(42)58-60-54-38-22-18-20-34(28-38)40-24-14-16-26-46(40)56-60;1-45(2,3)39-27-33(47-7)25-37(43(39)53-55-49-31-17-13-15-29(23-31)35-19-9-11-21-41(35)51-55)38-26-34(48-8)28-40(46(4,5)6)44(38)54-56-50-32-18-14-16-30(24-32)36-20-10-12-22-42(36)52-56/h13-32H,1-12H3;9-28H,1-8H3. The molecule has 0 saturated heterocycles. The Hall–Kier alpha value is -10.4. The van der Waals surface area contributed by atoms with Gasteiger partial charge in [0, 0.05) is 66.8 Å². The van der Waals surface area contributed by atoms with Crippen LogP contribution in [0.25, 0.3) is 66.8 Å². The fourth-order valence-electron chi connectivity index (χ4n) is 14.2. The highest BCUT2D eigenvalue weighted by molar-refractivity contribution is 7.44. The minimum absolute atomic E-state index is 0.203. The number of rotatable bonds is 12. The summed E-state index contributed by atoms with van der Waals surface area (Å²) in [5.74, 6) is 9.11. The molecule has 0 aliphatic carbocycles. The van der Waals surface area contributed by atoms with Crippen LogP contribution in [0.5, 0.6) is 80.5 Å². The van der Waals surface area contributed by atoms with Crippen LogP contribution >= 0.6 is 34.4 Å². The number of hydrogen-bond donors (Lipinski definition) is 0. The van der Waals surface area contributed by atoms with Gasteiger partial charge >= 0.3 is 34.4 Å². The molecule has 8 bridgehead atoms. The van der Waals surface area contributed by atoms with Crippen LogP contribution in [0.1, 0.15) is 158 Å². The lowest BCUT2D eigenvalue weighted by atomic mass is 9.75. The Labute approximate surface area is 688 Å². The molecule has 12 aromatic carbocycles. The summed E-state index contributed by atoms with van der Waals surface area (Å²) in [6.45, 7) is 39.7. The quantitative estimate of drug-likeness (QED) is 0.108. The minimum Gasteiger partial charge on any atom is -0.497 e. The number of methoxy groups -OCH3 is 2. The van der Waals surface area contributed by atoms with Crippen LogP contribution in [-0.4, -0.2) is 14.2 Å². The van der Waals surface area contributed by atoms with Gasteiger partial charge in [-0.3, -0.25) is 0 Å². The van der Waals surface area contributed by atoms with Gasteiger partial charge in [-0.05, 0) is 175 Å². The molecule has 0 N–H and O–H groups in total. The zero-order chi connectivity index (χ0) is 82.0. The summed E-state index contributed by atoms with van der Waals surface area (Å²) in [6, 6.07) is 81.0. The van der Waals surface area contributed by atoms with Crippen molar-refractivity contribution in [3.05, 3.63) is 276 Å². The van der Waals surface area contributed by atoms with Crippen molar-refractivity contribution in [2.75, 3.05) is 14.2 Å². The molecule has 4 aliphatic rings. The van der Waals surface area contributed by atoms with E-state index in [9.17, 15) is 0 Å². The summed E-state index contributed by atoms with van der Waals surface area (Å²) >= 11 is 0. The zero-order valence-electron chi connectivity index (χ0n) is 69.6. The molecule has 4 unspecified atom stereocenters. The van der Waals surface area contributed by atoms with Crippen LogP contribution < -0.4 is 63.8 Å². The van der Waals surface area contributed by atoms with Gasteiger partial charge in [0.2, 0.25) is 0 Å². The van der Waals surface area contributed by atoms with Gasteiger partial charge in [0.25, 0.3) is 0 Å². The maximum Gasteiger partial charge on any atom is 0.530 e. The Bertz CT molecular complexity index is 5330. The fourth-order valence-corrected chi connectivity index (χ4v) is 18.4. The predicted octanol–water partition coefficient (Wildman–Crippen LogP) is 29.5. The topological polar surface area (TPSA) is 129 Å². The first-order valence-corrected chi connectivity index (χ1v) is 43.5. The summed E-state index contributed by atoms with van der Waals surface area (Å²) in [5, 5.41) is 0. The van der Waals surface area contributed by atoms with E-state index in [2.05, 4.69) is 173 Å². The van der Waals surface area contributed by atoms with Crippen molar-refractivity contribution in [1.82, 2.24) is 0 Å². The third-order valence-corrected chi connectivity index (χ3v) is 24.7. The SMILES string of the molecule is CC(C)(C)c1cc(-c2cc(C(C)(C)C)cc(C(C)(C)C)c2OP2Oc3cccc(c3)-c3ccccc3O2)c(OP2Oc3cccc(c3)-c3ccccc3O2)c(C(C)(C)C)c1.COc1cc(-c2cc(OC)cc(C(C)(C)C)c2OP2Oc3cccc(c3)-c3ccccc3O2)c(OP2Oc3cccc(c3)-c3ccccc3O2)c(C(C)(C)C)c1. The van der Waals surface area contributed by atoms with Crippen LogP contribution in [-0.2, 0) is 32.5 Å². The molecule has 12 aromatic rings. The largest absolute Gasteiger partial charge is 0.530 e. The molecule has 0 saturated carbocycles. The first-order chi connectivity index (χ1) is 55.1. The van der Waals surface area contributed by atoms with Crippen molar-refractivity contribution in [2.24, 2.45) is 0 Å². The smallest absolute Gasteiger partial charge is 0.497 e.